The Labute approximate surface area is 162 Å². The maximum Gasteiger partial charge on any atom is 0.410 e. The molecule has 3 rings (SSSR count). The van der Waals surface area contributed by atoms with E-state index >= 15 is 0 Å². The number of rotatable bonds is 5. The van der Waals surface area contributed by atoms with Crippen LogP contribution in [0.2, 0.25) is 0 Å². The molecule has 3 saturated heterocycles. The largest absolute Gasteiger partial charge is 0.441 e. The van der Waals surface area contributed by atoms with Crippen LogP contribution in [0.1, 0.15) is 33.6 Å². The standard InChI is InChI=1S/C19H34N4O4/c1-15(2)21-11-8-20(9-12-21)10-13-23-14-19(27-18(23)26)4-6-22(7-5-19)17(25)16(3)24/h15-16,24H,4-14H2,1-3H3/t16-/m0/s1. The van der Waals surface area contributed by atoms with Crippen LogP contribution in [-0.4, -0.2) is 113 Å². The zero-order valence-electron chi connectivity index (χ0n) is 16.9. The van der Waals surface area contributed by atoms with E-state index in [2.05, 4.69) is 23.6 Å². The highest BCUT2D eigenvalue weighted by atomic mass is 16.6. The Morgan fingerprint density at radius 3 is 2.26 bits per heavy atom. The fraction of sp³-hybridized carbons (Fsp3) is 0.895. The molecule has 1 atom stereocenters. The summed E-state index contributed by atoms with van der Waals surface area (Å²) in [6.45, 7) is 13.4. The summed E-state index contributed by atoms with van der Waals surface area (Å²) < 4.78 is 5.74. The van der Waals surface area contributed by atoms with Crippen LogP contribution in [-0.2, 0) is 9.53 Å². The van der Waals surface area contributed by atoms with Crippen molar-refractivity contribution in [1.29, 1.82) is 0 Å². The van der Waals surface area contributed by atoms with Gasteiger partial charge in [-0.05, 0) is 20.8 Å². The summed E-state index contributed by atoms with van der Waals surface area (Å²) in [5.74, 6) is -0.244. The molecule has 1 spiro atoms. The number of ether oxygens (including phenoxy) is 1. The zero-order chi connectivity index (χ0) is 19.6. The minimum atomic E-state index is -0.974. The SMILES string of the molecule is CC(C)N1CCN(CCN2CC3(CCN(C(=O)[C@H](C)O)CC3)OC2=O)CC1. The predicted molar refractivity (Wildman–Crippen MR) is 101 cm³/mol. The second kappa shape index (κ2) is 8.32. The third-order valence-corrected chi connectivity index (χ3v) is 6.21. The number of aliphatic hydroxyl groups excluding tert-OH is 1. The molecule has 0 aromatic heterocycles. The van der Waals surface area contributed by atoms with Crippen LogP contribution < -0.4 is 0 Å². The van der Waals surface area contributed by atoms with Gasteiger partial charge in [0.05, 0.1) is 6.54 Å². The molecule has 0 aromatic rings. The topological polar surface area (TPSA) is 76.6 Å². The third-order valence-electron chi connectivity index (χ3n) is 6.21. The van der Waals surface area contributed by atoms with E-state index < -0.39 is 11.7 Å². The van der Waals surface area contributed by atoms with Gasteiger partial charge in [0, 0.05) is 71.2 Å². The minimum absolute atomic E-state index is 0.230. The van der Waals surface area contributed by atoms with Gasteiger partial charge in [0.1, 0.15) is 11.7 Å². The van der Waals surface area contributed by atoms with Crippen LogP contribution in [0, 0.1) is 0 Å². The van der Waals surface area contributed by atoms with Crippen molar-refractivity contribution in [2.45, 2.75) is 51.4 Å². The van der Waals surface area contributed by atoms with Crippen LogP contribution in [0.3, 0.4) is 0 Å². The highest BCUT2D eigenvalue weighted by molar-refractivity contribution is 5.80. The molecule has 3 heterocycles. The van der Waals surface area contributed by atoms with Gasteiger partial charge in [0.25, 0.3) is 5.91 Å². The molecular formula is C19H34N4O4. The van der Waals surface area contributed by atoms with Crippen LogP contribution in [0.4, 0.5) is 4.79 Å². The van der Waals surface area contributed by atoms with Gasteiger partial charge in [-0.1, -0.05) is 0 Å². The molecule has 154 valence electrons. The number of piperidine rings is 1. The Kier molecular flexibility index (Phi) is 6.28. The molecule has 0 radical (unpaired) electrons. The smallest absolute Gasteiger partial charge is 0.410 e. The van der Waals surface area contributed by atoms with Crippen molar-refractivity contribution in [3.05, 3.63) is 0 Å². The lowest BCUT2D eigenvalue weighted by Crippen LogP contribution is -2.51. The first-order valence-corrected chi connectivity index (χ1v) is 10.2. The van der Waals surface area contributed by atoms with Gasteiger partial charge in [-0.3, -0.25) is 14.6 Å². The fourth-order valence-corrected chi connectivity index (χ4v) is 4.29. The molecule has 0 aliphatic carbocycles. The molecule has 3 fully saturated rings. The molecule has 8 nitrogen and oxygen atoms in total. The molecule has 8 heteroatoms. The summed E-state index contributed by atoms with van der Waals surface area (Å²) in [6, 6.07) is 0.590. The first-order chi connectivity index (χ1) is 12.8. The summed E-state index contributed by atoms with van der Waals surface area (Å²) in [5.41, 5.74) is -0.469. The summed E-state index contributed by atoms with van der Waals surface area (Å²) in [6.07, 6.45) is 0.0746. The molecule has 1 N–H and O–H groups in total. The zero-order valence-corrected chi connectivity index (χ0v) is 16.9. The number of hydrogen-bond acceptors (Lipinski definition) is 6. The molecular weight excluding hydrogens is 348 g/mol. The predicted octanol–water partition coefficient (Wildman–Crippen LogP) is 0.207. The normalized spacial score (nSPS) is 25.3. The first kappa shape index (κ1) is 20.4. The van der Waals surface area contributed by atoms with Gasteiger partial charge in [-0.2, -0.15) is 0 Å². The minimum Gasteiger partial charge on any atom is -0.441 e. The van der Waals surface area contributed by atoms with E-state index in [0.717, 1.165) is 32.7 Å². The average molecular weight is 383 g/mol. The molecule has 2 amide bonds. The summed E-state index contributed by atoms with van der Waals surface area (Å²) >= 11 is 0. The number of amides is 2. The van der Waals surface area contributed by atoms with Crippen molar-refractivity contribution >= 4 is 12.0 Å². The molecule has 27 heavy (non-hydrogen) atoms. The van der Waals surface area contributed by atoms with Crippen molar-refractivity contribution in [3.63, 3.8) is 0 Å². The lowest BCUT2D eigenvalue weighted by Gasteiger charge is -2.38. The fourth-order valence-electron chi connectivity index (χ4n) is 4.29. The number of carbonyl (C=O) groups is 2. The van der Waals surface area contributed by atoms with E-state index in [9.17, 15) is 14.7 Å². The first-order valence-electron chi connectivity index (χ1n) is 10.2. The number of nitrogens with zero attached hydrogens (tertiary/aromatic N) is 4. The van der Waals surface area contributed by atoms with Crippen molar-refractivity contribution in [2.75, 3.05) is 58.9 Å². The van der Waals surface area contributed by atoms with Crippen molar-refractivity contribution in [1.82, 2.24) is 19.6 Å². The second-order valence-corrected chi connectivity index (χ2v) is 8.45. The van der Waals surface area contributed by atoms with E-state index in [-0.39, 0.29) is 12.0 Å². The average Bonchev–Trinajstić information content (AvgIpc) is 2.95. The highest BCUT2D eigenvalue weighted by Crippen LogP contribution is 2.33. The van der Waals surface area contributed by atoms with Crippen LogP contribution in [0.5, 0.6) is 0 Å². The summed E-state index contributed by atoms with van der Waals surface area (Å²) in [4.78, 5) is 32.7. The Bertz CT molecular complexity index is 538. The van der Waals surface area contributed by atoms with Gasteiger partial charge in [-0.25, -0.2) is 4.79 Å². The Morgan fingerprint density at radius 1 is 1.07 bits per heavy atom. The Balaban J connectivity index is 1.44. The Hall–Kier alpha value is -1.38. The number of aliphatic hydroxyl groups is 1. The number of likely N-dealkylation sites (tertiary alicyclic amines) is 1. The van der Waals surface area contributed by atoms with Gasteiger partial charge < -0.3 is 19.6 Å². The van der Waals surface area contributed by atoms with Crippen LogP contribution >= 0.6 is 0 Å². The molecule has 0 aromatic carbocycles. The quantitative estimate of drug-likeness (QED) is 0.732. The number of piperazine rings is 1. The van der Waals surface area contributed by atoms with Crippen LogP contribution in [0.15, 0.2) is 0 Å². The third kappa shape index (κ3) is 4.73. The number of carbonyl (C=O) groups excluding carboxylic acids is 2. The lowest BCUT2D eigenvalue weighted by atomic mass is 9.91. The van der Waals surface area contributed by atoms with Gasteiger partial charge in [0.15, 0.2) is 0 Å². The van der Waals surface area contributed by atoms with Gasteiger partial charge >= 0.3 is 6.09 Å². The van der Waals surface area contributed by atoms with Crippen LogP contribution in [0.25, 0.3) is 0 Å². The summed E-state index contributed by atoms with van der Waals surface area (Å²) in [5, 5.41) is 9.46. The maximum absolute atomic E-state index is 12.3. The highest BCUT2D eigenvalue weighted by Gasteiger charge is 2.47. The van der Waals surface area contributed by atoms with Gasteiger partial charge in [0.2, 0.25) is 0 Å². The van der Waals surface area contributed by atoms with E-state index in [1.54, 1.807) is 4.90 Å². The van der Waals surface area contributed by atoms with Gasteiger partial charge in [-0.15, -0.1) is 0 Å². The second-order valence-electron chi connectivity index (χ2n) is 8.45. The summed E-state index contributed by atoms with van der Waals surface area (Å²) in [7, 11) is 0. The van der Waals surface area contributed by atoms with E-state index in [4.69, 9.17) is 4.74 Å². The van der Waals surface area contributed by atoms with Crippen molar-refractivity contribution in [3.8, 4) is 0 Å². The molecule has 0 saturated carbocycles. The number of hydrogen-bond donors (Lipinski definition) is 1. The van der Waals surface area contributed by atoms with Crippen molar-refractivity contribution in [2.24, 2.45) is 0 Å². The monoisotopic (exact) mass is 382 g/mol. The van der Waals surface area contributed by atoms with E-state index in [1.807, 2.05) is 4.90 Å². The maximum atomic E-state index is 12.3. The molecule has 0 bridgehead atoms. The molecule has 3 aliphatic rings. The molecule has 0 unspecified atom stereocenters. The Morgan fingerprint density at radius 2 is 1.70 bits per heavy atom. The van der Waals surface area contributed by atoms with E-state index in [1.165, 1.54) is 6.92 Å². The lowest BCUT2D eigenvalue weighted by molar-refractivity contribution is -0.142. The van der Waals surface area contributed by atoms with E-state index in [0.29, 0.717) is 45.1 Å². The molecule has 3 aliphatic heterocycles. The van der Waals surface area contributed by atoms with Crippen molar-refractivity contribution < 1.29 is 19.4 Å².